The fourth-order valence-electron chi connectivity index (χ4n) is 2.93. The van der Waals surface area contributed by atoms with E-state index in [9.17, 15) is 19.2 Å². The van der Waals surface area contributed by atoms with Crippen LogP contribution in [-0.2, 0) is 27.4 Å². The lowest BCUT2D eigenvalue weighted by atomic mass is 10.1. The topological polar surface area (TPSA) is 85.6 Å². The molecule has 0 heterocycles. The third-order valence-electron chi connectivity index (χ3n) is 4.51. The van der Waals surface area contributed by atoms with Crippen molar-refractivity contribution in [3.8, 4) is 17.6 Å². The van der Waals surface area contributed by atoms with Crippen LogP contribution in [0.15, 0.2) is 72.8 Å². The Kier molecular flexibility index (Phi) is 7.92. The zero-order chi connectivity index (χ0) is 23.6. The van der Waals surface area contributed by atoms with E-state index in [4.69, 9.17) is 14.2 Å². The summed E-state index contributed by atoms with van der Waals surface area (Å²) in [6, 6.07) is 19.4. The van der Waals surface area contributed by atoms with E-state index in [0.717, 1.165) is 0 Å². The summed E-state index contributed by atoms with van der Waals surface area (Å²) in [6.45, 7) is -0.0399. The lowest BCUT2D eigenvalue weighted by Gasteiger charge is -2.08. The van der Waals surface area contributed by atoms with Crippen molar-refractivity contribution in [2.45, 2.75) is 13.0 Å². The van der Waals surface area contributed by atoms with Gasteiger partial charge in [0.15, 0.2) is 5.75 Å². The van der Waals surface area contributed by atoms with Gasteiger partial charge in [0.25, 0.3) is 0 Å². The molecular weight excluding hydrogens is 425 g/mol. The molecule has 0 aromatic heterocycles. The van der Waals surface area contributed by atoms with Crippen LogP contribution in [-0.4, -0.2) is 19.0 Å². The molecule has 166 valence electrons. The number of methoxy groups -OCH3 is 1. The number of ether oxygens (including phenoxy) is 3. The van der Waals surface area contributed by atoms with Crippen LogP contribution >= 0.6 is 0 Å². The minimum Gasteiger partial charge on any atom is -0.497 e. The van der Waals surface area contributed by atoms with Gasteiger partial charge in [-0.15, -0.1) is 0 Å². The van der Waals surface area contributed by atoms with Crippen LogP contribution in [0.1, 0.15) is 22.3 Å². The van der Waals surface area contributed by atoms with Gasteiger partial charge in [-0.25, -0.2) is 9.18 Å². The first-order valence-electron chi connectivity index (χ1n) is 9.94. The number of esters is 2. The summed E-state index contributed by atoms with van der Waals surface area (Å²) in [5, 5.41) is 9.20. The number of rotatable bonds is 8. The van der Waals surface area contributed by atoms with Gasteiger partial charge >= 0.3 is 11.9 Å². The van der Waals surface area contributed by atoms with E-state index < -0.39 is 17.8 Å². The average Bonchev–Trinajstić information content (AvgIpc) is 2.81. The van der Waals surface area contributed by atoms with E-state index in [1.54, 1.807) is 48.5 Å². The Morgan fingerprint density at radius 1 is 1.03 bits per heavy atom. The maximum atomic E-state index is 13.2. The summed E-state index contributed by atoms with van der Waals surface area (Å²) < 4.78 is 28.7. The van der Waals surface area contributed by atoms with Gasteiger partial charge in [0.1, 0.15) is 24.2 Å². The Morgan fingerprint density at radius 2 is 1.82 bits per heavy atom. The lowest BCUT2D eigenvalue weighted by molar-refractivity contribution is -0.139. The number of carbonyl (C=O) groups excluding carboxylic acids is 2. The van der Waals surface area contributed by atoms with Crippen LogP contribution in [0.5, 0.6) is 11.5 Å². The van der Waals surface area contributed by atoms with Gasteiger partial charge in [-0.05, 0) is 47.0 Å². The van der Waals surface area contributed by atoms with Crippen molar-refractivity contribution in [2.24, 2.45) is 0 Å². The van der Waals surface area contributed by atoms with Gasteiger partial charge in [-0.1, -0.05) is 36.4 Å². The van der Waals surface area contributed by atoms with Gasteiger partial charge in [0.05, 0.1) is 19.1 Å². The Morgan fingerprint density at radius 3 is 2.58 bits per heavy atom. The molecule has 0 N–H and O–H groups in total. The van der Waals surface area contributed by atoms with Crippen LogP contribution in [0.4, 0.5) is 4.39 Å². The van der Waals surface area contributed by atoms with E-state index in [1.165, 1.54) is 37.5 Å². The van der Waals surface area contributed by atoms with Crippen molar-refractivity contribution in [3.63, 3.8) is 0 Å². The number of carbonyl (C=O) groups is 2. The molecule has 3 aromatic rings. The number of nitrogens with zero attached hydrogens (tertiary/aromatic N) is 1. The van der Waals surface area contributed by atoms with Crippen LogP contribution in [0.3, 0.4) is 0 Å². The molecule has 0 amide bonds. The molecule has 0 saturated heterocycles. The molecule has 0 atom stereocenters. The highest BCUT2D eigenvalue weighted by Crippen LogP contribution is 2.24. The predicted molar refractivity (Wildman–Crippen MR) is 119 cm³/mol. The first-order valence-corrected chi connectivity index (χ1v) is 9.94. The molecule has 0 bridgehead atoms. The lowest BCUT2D eigenvalue weighted by Crippen LogP contribution is -2.12. The molecule has 3 aromatic carbocycles. The molecule has 3 rings (SSSR count). The second-order valence-electron chi connectivity index (χ2n) is 6.94. The van der Waals surface area contributed by atoms with Crippen molar-refractivity contribution >= 4 is 18.0 Å². The Bertz CT molecular complexity index is 1230. The summed E-state index contributed by atoms with van der Waals surface area (Å²) in [5.74, 6) is -0.932. The minimum atomic E-state index is -0.578. The molecule has 0 radical (unpaired) electrons. The minimum absolute atomic E-state index is 0.0340. The highest BCUT2D eigenvalue weighted by molar-refractivity contribution is 5.87. The summed E-state index contributed by atoms with van der Waals surface area (Å²) in [4.78, 5) is 24.3. The van der Waals surface area contributed by atoms with E-state index in [1.807, 2.05) is 6.07 Å². The second-order valence-corrected chi connectivity index (χ2v) is 6.94. The van der Waals surface area contributed by atoms with E-state index in [0.29, 0.717) is 22.4 Å². The quantitative estimate of drug-likeness (QED) is 0.286. The molecule has 6 nitrogen and oxygen atoms in total. The highest BCUT2D eigenvalue weighted by atomic mass is 19.1. The number of hydrogen-bond acceptors (Lipinski definition) is 6. The first kappa shape index (κ1) is 23.2. The maximum Gasteiger partial charge on any atom is 0.331 e. The normalized spacial score (nSPS) is 10.5. The average molecular weight is 445 g/mol. The molecule has 7 heteroatoms. The molecule has 0 spiro atoms. The Hall–Kier alpha value is -4.44. The first-order chi connectivity index (χ1) is 16.0. The molecular formula is C26H20FNO5. The third kappa shape index (κ3) is 7.04. The van der Waals surface area contributed by atoms with Gasteiger partial charge in [-0.2, -0.15) is 5.26 Å². The van der Waals surface area contributed by atoms with Gasteiger partial charge in [-0.3, -0.25) is 4.79 Å². The van der Waals surface area contributed by atoms with Gasteiger partial charge in [0.2, 0.25) is 0 Å². The maximum absolute atomic E-state index is 13.2. The standard InChI is InChI=1S/C26H20FNO5/c1-31-23-10-9-21(16-28)24(15-23)33-26(30)14-19-5-2-4-18(12-19)8-11-25(29)32-17-20-6-3-7-22(27)13-20/h2-13,15H,14,17H2,1H3/b11-8+. The summed E-state index contributed by atoms with van der Waals surface area (Å²) >= 11 is 0. The fraction of sp³-hybridized carbons (Fsp3) is 0.115. The highest BCUT2D eigenvalue weighted by Gasteiger charge is 2.12. The van der Waals surface area contributed by atoms with Crippen molar-refractivity contribution in [3.05, 3.63) is 101 Å². The monoisotopic (exact) mass is 445 g/mol. The van der Waals surface area contributed by atoms with Gasteiger partial charge < -0.3 is 14.2 Å². The van der Waals surface area contributed by atoms with Crippen LogP contribution in [0.25, 0.3) is 6.08 Å². The fourth-order valence-corrected chi connectivity index (χ4v) is 2.93. The second kappa shape index (κ2) is 11.3. The summed E-state index contributed by atoms with van der Waals surface area (Å²) in [6.07, 6.45) is 2.78. The number of nitriles is 1. The molecule has 33 heavy (non-hydrogen) atoms. The molecule has 0 aliphatic carbocycles. The zero-order valence-electron chi connectivity index (χ0n) is 17.8. The SMILES string of the molecule is COc1ccc(C#N)c(OC(=O)Cc2cccc(/C=C/C(=O)OCc3cccc(F)c3)c2)c1. The summed E-state index contributed by atoms with van der Waals surface area (Å²) in [7, 11) is 1.48. The molecule has 0 aliphatic rings. The van der Waals surface area contributed by atoms with Crippen LogP contribution in [0, 0.1) is 17.1 Å². The Labute approximate surface area is 190 Å². The van der Waals surface area contributed by atoms with Crippen molar-refractivity contribution in [2.75, 3.05) is 7.11 Å². The largest absolute Gasteiger partial charge is 0.497 e. The van der Waals surface area contributed by atoms with Crippen molar-refractivity contribution in [1.29, 1.82) is 5.26 Å². The molecule has 0 unspecified atom stereocenters. The van der Waals surface area contributed by atoms with Crippen LogP contribution < -0.4 is 9.47 Å². The number of hydrogen-bond donors (Lipinski definition) is 0. The third-order valence-corrected chi connectivity index (χ3v) is 4.51. The van der Waals surface area contributed by atoms with Crippen molar-refractivity contribution < 1.29 is 28.2 Å². The van der Waals surface area contributed by atoms with E-state index in [2.05, 4.69) is 0 Å². The molecule has 0 saturated carbocycles. The summed E-state index contributed by atoms with van der Waals surface area (Å²) in [5.41, 5.74) is 2.12. The molecule has 0 fully saturated rings. The Balaban J connectivity index is 1.58. The number of benzene rings is 3. The van der Waals surface area contributed by atoms with Gasteiger partial charge in [0, 0.05) is 12.1 Å². The van der Waals surface area contributed by atoms with E-state index >= 15 is 0 Å². The molecule has 0 aliphatic heterocycles. The number of halogens is 1. The van der Waals surface area contributed by atoms with E-state index in [-0.39, 0.29) is 24.3 Å². The zero-order valence-corrected chi connectivity index (χ0v) is 17.8. The van der Waals surface area contributed by atoms with Crippen molar-refractivity contribution in [1.82, 2.24) is 0 Å². The van der Waals surface area contributed by atoms with Crippen LogP contribution in [0.2, 0.25) is 0 Å². The smallest absolute Gasteiger partial charge is 0.331 e. The predicted octanol–water partition coefficient (Wildman–Crippen LogP) is 4.61.